The highest BCUT2D eigenvalue weighted by Crippen LogP contribution is 2.45. The van der Waals surface area contributed by atoms with Gasteiger partial charge in [-0.2, -0.15) is 0 Å². The van der Waals surface area contributed by atoms with Crippen molar-refractivity contribution in [2.75, 3.05) is 18.1 Å². The van der Waals surface area contributed by atoms with Crippen molar-refractivity contribution in [2.45, 2.75) is 36.4 Å². The molecule has 216 valence electrons. The second kappa shape index (κ2) is 13.4. The zero-order valence-corrected chi connectivity index (χ0v) is 25.3. The SMILES string of the molecule is CCCOc1ccc(C2C(=C(O)c3ccccc3)C(=O)C(=O)N2c2nnc(SCc3ccccc3Cl)s2)cc1OCC. The molecule has 5 rings (SSSR count). The number of carbonyl (C=O) groups excluding carboxylic acids is 2. The Bertz CT molecular complexity index is 1630. The highest BCUT2D eigenvalue weighted by Gasteiger charge is 2.48. The summed E-state index contributed by atoms with van der Waals surface area (Å²) in [6, 6.07) is 20.5. The Morgan fingerprint density at radius 1 is 1.00 bits per heavy atom. The van der Waals surface area contributed by atoms with Crippen LogP contribution in [0.5, 0.6) is 11.5 Å². The Labute approximate surface area is 257 Å². The predicted octanol–water partition coefficient (Wildman–Crippen LogP) is 7.30. The highest BCUT2D eigenvalue weighted by molar-refractivity contribution is 8.00. The zero-order chi connectivity index (χ0) is 29.6. The van der Waals surface area contributed by atoms with Crippen molar-refractivity contribution in [3.05, 3.63) is 100 Å². The average Bonchev–Trinajstić information content (AvgIpc) is 3.58. The molecule has 2 heterocycles. The number of nitrogens with zero attached hydrogens (tertiary/aromatic N) is 3. The van der Waals surface area contributed by atoms with E-state index < -0.39 is 17.7 Å². The molecule has 0 bridgehead atoms. The molecule has 1 amide bonds. The molecule has 1 aromatic heterocycles. The summed E-state index contributed by atoms with van der Waals surface area (Å²) in [5, 5.41) is 20.8. The number of rotatable bonds is 11. The molecule has 42 heavy (non-hydrogen) atoms. The first kappa shape index (κ1) is 29.6. The van der Waals surface area contributed by atoms with Gasteiger partial charge in [-0.1, -0.05) is 96.2 Å². The lowest BCUT2D eigenvalue weighted by Gasteiger charge is -2.23. The van der Waals surface area contributed by atoms with Gasteiger partial charge in [0.2, 0.25) is 5.13 Å². The largest absolute Gasteiger partial charge is 0.507 e. The van der Waals surface area contributed by atoms with Crippen LogP contribution in [0.3, 0.4) is 0 Å². The summed E-state index contributed by atoms with van der Waals surface area (Å²) >= 11 is 8.92. The molecule has 0 spiro atoms. The van der Waals surface area contributed by atoms with Gasteiger partial charge in [0.25, 0.3) is 5.78 Å². The molecule has 1 atom stereocenters. The van der Waals surface area contributed by atoms with Crippen molar-refractivity contribution in [3.8, 4) is 11.5 Å². The number of aliphatic hydroxyl groups excluding tert-OH is 1. The van der Waals surface area contributed by atoms with Gasteiger partial charge in [-0.05, 0) is 42.7 Å². The van der Waals surface area contributed by atoms with Crippen molar-refractivity contribution in [2.24, 2.45) is 0 Å². The van der Waals surface area contributed by atoms with E-state index in [2.05, 4.69) is 10.2 Å². The molecule has 3 aromatic carbocycles. The molecular formula is C31H28ClN3O5S2. The van der Waals surface area contributed by atoms with Crippen molar-refractivity contribution in [1.29, 1.82) is 0 Å². The van der Waals surface area contributed by atoms with Crippen LogP contribution in [0.15, 0.2) is 82.7 Å². The third kappa shape index (κ3) is 6.16. The molecule has 1 aliphatic heterocycles. The average molecular weight is 622 g/mol. The van der Waals surface area contributed by atoms with Crippen molar-refractivity contribution in [1.82, 2.24) is 10.2 Å². The lowest BCUT2D eigenvalue weighted by atomic mass is 9.95. The minimum atomic E-state index is -0.973. The smallest absolute Gasteiger partial charge is 0.301 e. The number of halogens is 1. The quantitative estimate of drug-likeness (QED) is 0.0612. The Morgan fingerprint density at radius 3 is 2.50 bits per heavy atom. The molecule has 1 saturated heterocycles. The van der Waals surface area contributed by atoms with Gasteiger partial charge in [-0.15, -0.1) is 10.2 Å². The normalized spacial score (nSPS) is 16.2. The Morgan fingerprint density at radius 2 is 1.76 bits per heavy atom. The molecule has 1 aliphatic rings. The number of thioether (sulfide) groups is 1. The number of carbonyl (C=O) groups is 2. The van der Waals surface area contributed by atoms with Gasteiger partial charge in [-0.25, -0.2) is 0 Å². The highest BCUT2D eigenvalue weighted by atomic mass is 35.5. The summed E-state index contributed by atoms with van der Waals surface area (Å²) < 4.78 is 12.3. The molecular weight excluding hydrogens is 594 g/mol. The Balaban J connectivity index is 1.57. The van der Waals surface area contributed by atoms with Crippen LogP contribution in [0.2, 0.25) is 5.02 Å². The number of hydrogen-bond acceptors (Lipinski definition) is 9. The number of Topliss-reactive ketones (excluding diaryl/α,β-unsaturated/α-hetero) is 1. The second-order valence-electron chi connectivity index (χ2n) is 9.25. The van der Waals surface area contributed by atoms with Crippen molar-refractivity contribution < 1.29 is 24.2 Å². The van der Waals surface area contributed by atoms with Crippen molar-refractivity contribution >= 4 is 57.3 Å². The molecule has 0 aliphatic carbocycles. The van der Waals surface area contributed by atoms with E-state index in [0.717, 1.165) is 12.0 Å². The monoisotopic (exact) mass is 621 g/mol. The molecule has 4 aromatic rings. The first-order valence-electron chi connectivity index (χ1n) is 13.4. The second-order valence-corrected chi connectivity index (χ2v) is 11.8. The summed E-state index contributed by atoms with van der Waals surface area (Å²) in [5.74, 6) is -0.310. The predicted molar refractivity (Wildman–Crippen MR) is 166 cm³/mol. The van der Waals surface area contributed by atoms with Crippen LogP contribution >= 0.6 is 34.7 Å². The molecule has 0 saturated carbocycles. The number of aromatic nitrogens is 2. The number of anilines is 1. The van der Waals surface area contributed by atoms with Crippen molar-refractivity contribution in [3.63, 3.8) is 0 Å². The summed E-state index contributed by atoms with van der Waals surface area (Å²) in [7, 11) is 0. The molecule has 11 heteroatoms. The Hall–Kier alpha value is -3.86. The summed E-state index contributed by atoms with van der Waals surface area (Å²) in [6.07, 6.45) is 0.818. The van der Waals surface area contributed by atoms with E-state index in [1.54, 1.807) is 48.5 Å². The van der Waals surface area contributed by atoms with Crippen LogP contribution in [0.25, 0.3) is 5.76 Å². The Kier molecular flexibility index (Phi) is 9.46. The minimum Gasteiger partial charge on any atom is -0.507 e. The number of aliphatic hydroxyl groups is 1. The third-order valence-electron chi connectivity index (χ3n) is 6.45. The minimum absolute atomic E-state index is 0.0451. The summed E-state index contributed by atoms with van der Waals surface area (Å²) in [5.41, 5.74) is 1.87. The number of hydrogen-bond donors (Lipinski definition) is 1. The van der Waals surface area contributed by atoms with Gasteiger partial charge in [0, 0.05) is 16.3 Å². The van der Waals surface area contributed by atoms with Gasteiger partial charge in [-0.3, -0.25) is 14.5 Å². The lowest BCUT2D eigenvalue weighted by molar-refractivity contribution is -0.132. The number of ether oxygens (including phenoxy) is 2. The van der Waals surface area contributed by atoms with Crippen LogP contribution in [-0.4, -0.2) is 40.2 Å². The van der Waals surface area contributed by atoms with Crippen LogP contribution in [0.1, 0.15) is 43.0 Å². The first-order chi connectivity index (χ1) is 20.4. The molecule has 1 N–H and O–H groups in total. The summed E-state index contributed by atoms with van der Waals surface area (Å²) in [4.78, 5) is 28.4. The fourth-order valence-electron chi connectivity index (χ4n) is 4.50. The third-order valence-corrected chi connectivity index (χ3v) is 8.92. The molecule has 1 unspecified atom stereocenters. The first-order valence-corrected chi connectivity index (χ1v) is 15.6. The van der Waals surface area contributed by atoms with Crippen LogP contribution in [0.4, 0.5) is 5.13 Å². The van der Waals surface area contributed by atoms with E-state index in [-0.39, 0.29) is 16.5 Å². The standard InChI is InChI=1S/C31H28ClN3O5S2/c1-3-16-40-23-15-14-20(17-24(23)39-4-2)26-25(27(36)19-10-6-5-7-11-19)28(37)29(38)35(26)30-33-34-31(42-30)41-18-21-12-8-9-13-22(21)32/h5-15,17,26,36H,3-4,16,18H2,1-2H3. The van der Waals surface area contributed by atoms with Gasteiger partial charge in [0.05, 0.1) is 24.8 Å². The maximum atomic E-state index is 13.6. The van der Waals surface area contributed by atoms with E-state index in [4.69, 9.17) is 21.1 Å². The molecule has 0 radical (unpaired) electrons. The van der Waals surface area contributed by atoms with E-state index in [0.29, 0.717) is 51.0 Å². The maximum Gasteiger partial charge on any atom is 0.301 e. The van der Waals surface area contributed by atoms with Crippen LogP contribution in [-0.2, 0) is 15.3 Å². The van der Waals surface area contributed by atoms with Gasteiger partial charge in [0.1, 0.15) is 5.76 Å². The van der Waals surface area contributed by atoms with E-state index in [1.807, 2.05) is 38.1 Å². The van der Waals surface area contributed by atoms with Gasteiger partial charge >= 0.3 is 5.91 Å². The number of benzene rings is 3. The number of ketones is 1. The lowest BCUT2D eigenvalue weighted by Crippen LogP contribution is -2.29. The van der Waals surface area contributed by atoms with Crippen LogP contribution < -0.4 is 14.4 Å². The van der Waals surface area contributed by atoms with E-state index in [1.165, 1.54) is 28.0 Å². The molecule has 8 nitrogen and oxygen atoms in total. The fourth-order valence-corrected chi connectivity index (χ4v) is 6.66. The van der Waals surface area contributed by atoms with Crippen LogP contribution in [0, 0.1) is 0 Å². The number of amides is 1. The van der Waals surface area contributed by atoms with E-state index in [9.17, 15) is 14.7 Å². The summed E-state index contributed by atoms with van der Waals surface area (Å²) in [6.45, 7) is 4.76. The molecule has 1 fully saturated rings. The maximum absolute atomic E-state index is 13.6. The zero-order valence-electron chi connectivity index (χ0n) is 23.0. The van der Waals surface area contributed by atoms with Gasteiger partial charge in [0.15, 0.2) is 15.8 Å². The van der Waals surface area contributed by atoms with E-state index >= 15 is 0 Å². The fraction of sp³-hybridized carbons (Fsp3) is 0.226. The van der Waals surface area contributed by atoms with Gasteiger partial charge < -0.3 is 14.6 Å². The topological polar surface area (TPSA) is 102 Å².